The quantitative estimate of drug-likeness (QED) is 0.640. The van der Waals surface area contributed by atoms with Crippen molar-refractivity contribution in [2.75, 3.05) is 27.4 Å². The molecule has 3 amide bonds. The number of nitrogens with one attached hydrogen (secondary N) is 2. The minimum absolute atomic E-state index is 0.119. The van der Waals surface area contributed by atoms with Crippen molar-refractivity contribution in [3.8, 4) is 11.5 Å². The van der Waals surface area contributed by atoms with Crippen LogP contribution in [0.1, 0.15) is 24.8 Å². The van der Waals surface area contributed by atoms with E-state index >= 15 is 0 Å². The van der Waals surface area contributed by atoms with Crippen molar-refractivity contribution in [1.82, 2.24) is 10.6 Å². The molecule has 1 aliphatic heterocycles. The molecule has 0 aliphatic carbocycles. The number of carbonyl (C=O) groups excluding carboxylic acids is 2. The fourth-order valence-electron chi connectivity index (χ4n) is 3.06. The molecule has 0 bridgehead atoms. The van der Waals surface area contributed by atoms with Gasteiger partial charge in [0.15, 0.2) is 11.5 Å². The molecule has 0 radical (unpaired) electrons. The van der Waals surface area contributed by atoms with E-state index < -0.39 is 5.91 Å². The Morgan fingerprint density at radius 1 is 1.23 bits per heavy atom. The molecule has 1 aromatic carbocycles. The molecule has 1 fully saturated rings. The zero-order valence-corrected chi connectivity index (χ0v) is 15.2. The van der Waals surface area contributed by atoms with Crippen LogP contribution in [0, 0.1) is 5.92 Å². The molecular formula is C18H27N3O5. The van der Waals surface area contributed by atoms with Crippen LogP contribution in [0.25, 0.3) is 0 Å². The Morgan fingerprint density at radius 2 is 1.92 bits per heavy atom. The topological polar surface area (TPSA) is 112 Å². The first kappa shape index (κ1) is 19.8. The van der Waals surface area contributed by atoms with E-state index in [-0.39, 0.29) is 24.4 Å². The number of benzene rings is 1. The lowest BCUT2D eigenvalue weighted by Crippen LogP contribution is -2.48. The number of urea groups is 1. The van der Waals surface area contributed by atoms with Gasteiger partial charge in [-0.3, -0.25) is 4.79 Å². The van der Waals surface area contributed by atoms with E-state index in [9.17, 15) is 9.59 Å². The summed E-state index contributed by atoms with van der Waals surface area (Å²) in [5.41, 5.74) is 6.20. The van der Waals surface area contributed by atoms with Crippen molar-refractivity contribution in [2.45, 2.75) is 31.8 Å². The Hall–Kier alpha value is -2.48. The maximum absolute atomic E-state index is 12.3. The van der Waals surface area contributed by atoms with Crippen LogP contribution in [-0.2, 0) is 16.1 Å². The molecule has 8 heteroatoms. The van der Waals surface area contributed by atoms with Crippen LogP contribution in [-0.4, -0.2) is 45.4 Å². The van der Waals surface area contributed by atoms with Crippen molar-refractivity contribution >= 4 is 11.9 Å². The van der Waals surface area contributed by atoms with Crippen molar-refractivity contribution in [3.05, 3.63) is 23.8 Å². The van der Waals surface area contributed by atoms with Crippen LogP contribution in [0.4, 0.5) is 4.79 Å². The second-order valence-corrected chi connectivity index (χ2v) is 6.24. The highest BCUT2D eigenvalue weighted by Crippen LogP contribution is 2.27. The predicted octanol–water partition coefficient (Wildman–Crippen LogP) is 1.17. The van der Waals surface area contributed by atoms with Gasteiger partial charge in [0.1, 0.15) is 0 Å². The van der Waals surface area contributed by atoms with Crippen LogP contribution in [0.15, 0.2) is 18.2 Å². The normalized spacial score (nSPS) is 15.8. The summed E-state index contributed by atoms with van der Waals surface area (Å²) in [6, 6.07) is 4.81. The minimum Gasteiger partial charge on any atom is -0.493 e. The summed E-state index contributed by atoms with van der Waals surface area (Å²) >= 11 is 0. The third-order valence-electron chi connectivity index (χ3n) is 4.47. The summed E-state index contributed by atoms with van der Waals surface area (Å²) < 4.78 is 15.8. The Bertz CT molecular complexity index is 617. The average molecular weight is 365 g/mol. The smallest absolute Gasteiger partial charge is 0.315 e. The average Bonchev–Trinajstić information content (AvgIpc) is 2.66. The molecule has 2 rings (SSSR count). The number of hydrogen-bond donors (Lipinski definition) is 3. The summed E-state index contributed by atoms with van der Waals surface area (Å²) in [5.74, 6) is 0.979. The highest BCUT2D eigenvalue weighted by atomic mass is 16.5. The summed E-state index contributed by atoms with van der Waals surface area (Å²) in [6.07, 6.45) is 1.72. The molecule has 0 saturated carbocycles. The molecule has 1 saturated heterocycles. The Labute approximate surface area is 153 Å². The maximum atomic E-state index is 12.3. The summed E-state index contributed by atoms with van der Waals surface area (Å²) in [5, 5.41) is 5.68. The first-order chi connectivity index (χ1) is 12.5. The van der Waals surface area contributed by atoms with Gasteiger partial charge in [-0.25, -0.2) is 4.79 Å². The van der Waals surface area contributed by atoms with Gasteiger partial charge in [0.25, 0.3) is 0 Å². The highest BCUT2D eigenvalue weighted by molar-refractivity contribution is 5.77. The number of amides is 3. The fraction of sp³-hybridized carbons (Fsp3) is 0.556. The summed E-state index contributed by atoms with van der Waals surface area (Å²) in [4.78, 5) is 23.6. The monoisotopic (exact) mass is 365 g/mol. The zero-order valence-electron chi connectivity index (χ0n) is 15.2. The molecule has 1 atom stereocenters. The number of primary amides is 1. The van der Waals surface area contributed by atoms with E-state index in [4.69, 9.17) is 19.9 Å². The van der Waals surface area contributed by atoms with Crippen molar-refractivity contribution in [3.63, 3.8) is 0 Å². The van der Waals surface area contributed by atoms with Crippen molar-refractivity contribution in [1.29, 1.82) is 0 Å². The van der Waals surface area contributed by atoms with E-state index in [2.05, 4.69) is 10.6 Å². The van der Waals surface area contributed by atoms with Gasteiger partial charge in [0.05, 0.1) is 14.2 Å². The molecule has 1 aliphatic rings. The Balaban J connectivity index is 1.91. The highest BCUT2D eigenvalue weighted by Gasteiger charge is 2.26. The van der Waals surface area contributed by atoms with Crippen LogP contribution >= 0.6 is 0 Å². The van der Waals surface area contributed by atoms with Gasteiger partial charge in [-0.1, -0.05) is 6.07 Å². The van der Waals surface area contributed by atoms with E-state index in [1.165, 1.54) is 0 Å². The van der Waals surface area contributed by atoms with E-state index in [1.54, 1.807) is 26.4 Å². The SMILES string of the molecule is COc1ccc(CNC(=O)NC(CC(N)=O)C2CCOCC2)cc1OC. The van der Waals surface area contributed by atoms with E-state index in [0.29, 0.717) is 31.3 Å². The first-order valence-electron chi connectivity index (χ1n) is 8.64. The molecule has 8 nitrogen and oxygen atoms in total. The van der Waals surface area contributed by atoms with Crippen LogP contribution in [0.2, 0.25) is 0 Å². The molecule has 1 heterocycles. The number of rotatable bonds is 8. The van der Waals surface area contributed by atoms with Gasteiger partial charge in [0, 0.05) is 32.2 Å². The van der Waals surface area contributed by atoms with Crippen molar-refractivity contribution < 1.29 is 23.8 Å². The summed E-state index contributed by atoms with van der Waals surface area (Å²) in [7, 11) is 3.13. The zero-order chi connectivity index (χ0) is 18.9. The molecule has 0 spiro atoms. The lowest BCUT2D eigenvalue weighted by molar-refractivity contribution is -0.118. The van der Waals surface area contributed by atoms with E-state index in [1.807, 2.05) is 6.07 Å². The molecular weight excluding hydrogens is 338 g/mol. The van der Waals surface area contributed by atoms with Gasteiger partial charge >= 0.3 is 6.03 Å². The minimum atomic E-state index is -0.429. The lowest BCUT2D eigenvalue weighted by atomic mass is 9.89. The number of nitrogens with two attached hydrogens (primary N) is 1. The summed E-state index contributed by atoms with van der Waals surface area (Å²) in [6.45, 7) is 1.59. The molecule has 26 heavy (non-hydrogen) atoms. The third kappa shape index (κ3) is 5.80. The van der Waals surface area contributed by atoms with Crippen LogP contribution in [0.3, 0.4) is 0 Å². The predicted molar refractivity (Wildman–Crippen MR) is 96.1 cm³/mol. The van der Waals surface area contributed by atoms with Crippen LogP contribution < -0.4 is 25.8 Å². The van der Waals surface area contributed by atoms with E-state index in [0.717, 1.165) is 18.4 Å². The Kier molecular flexibility index (Phi) is 7.53. The molecule has 4 N–H and O–H groups in total. The van der Waals surface area contributed by atoms with Gasteiger partial charge in [-0.15, -0.1) is 0 Å². The Morgan fingerprint density at radius 3 is 2.54 bits per heavy atom. The number of methoxy groups -OCH3 is 2. The maximum Gasteiger partial charge on any atom is 0.315 e. The molecule has 1 unspecified atom stereocenters. The standard InChI is InChI=1S/C18H27N3O5/c1-24-15-4-3-12(9-16(15)25-2)11-20-18(23)21-14(10-17(19)22)13-5-7-26-8-6-13/h3-4,9,13-14H,5-8,10-11H2,1-2H3,(H2,19,22)(H2,20,21,23). The third-order valence-corrected chi connectivity index (χ3v) is 4.47. The van der Waals surface area contributed by atoms with Crippen LogP contribution in [0.5, 0.6) is 11.5 Å². The second kappa shape index (κ2) is 9.86. The van der Waals surface area contributed by atoms with Gasteiger partial charge in [-0.05, 0) is 36.5 Å². The number of carbonyl (C=O) groups is 2. The molecule has 1 aromatic rings. The molecule has 144 valence electrons. The second-order valence-electron chi connectivity index (χ2n) is 6.24. The number of ether oxygens (including phenoxy) is 3. The van der Waals surface area contributed by atoms with Crippen molar-refractivity contribution in [2.24, 2.45) is 11.7 Å². The fourth-order valence-corrected chi connectivity index (χ4v) is 3.06. The molecule has 0 aromatic heterocycles. The van der Waals surface area contributed by atoms with Gasteiger partial charge < -0.3 is 30.6 Å². The number of hydrogen-bond acceptors (Lipinski definition) is 5. The largest absolute Gasteiger partial charge is 0.493 e. The lowest BCUT2D eigenvalue weighted by Gasteiger charge is -2.30. The van der Waals surface area contributed by atoms with Gasteiger partial charge in [-0.2, -0.15) is 0 Å². The first-order valence-corrected chi connectivity index (χ1v) is 8.64. The van der Waals surface area contributed by atoms with Gasteiger partial charge in [0.2, 0.25) is 5.91 Å².